The Morgan fingerprint density at radius 1 is 1.24 bits per heavy atom. The number of hydrogen-bond acceptors (Lipinski definition) is 4. The van der Waals surface area contributed by atoms with E-state index < -0.39 is 11.5 Å². The van der Waals surface area contributed by atoms with Crippen LogP contribution < -0.4 is 5.32 Å². The molecule has 0 radical (unpaired) electrons. The molecule has 4 rings (SSSR count). The zero-order valence-electron chi connectivity index (χ0n) is 14.3. The second-order valence-electron chi connectivity index (χ2n) is 7.33. The van der Waals surface area contributed by atoms with Crippen molar-refractivity contribution in [2.75, 3.05) is 31.5 Å². The van der Waals surface area contributed by atoms with Gasteiger partial charge >= 0.3 is 6.09 Å². The number of carbonyl (C=O) groups is 2. The van der Waals surface area contributed by atoms with Gasteiger partial charge in [-0.25, -0.2) is 4.79 Å². The Morgan fingerprint density at radius 2 is 2.04 bits per heavy atom. The van der Waals surface area contributed by atoms with Gasteiger partial charge in [0.2, 0.25) is 5.91 Å². The lowest BCUT2D eigenvalue weighted by atomic mass is 9.70. The van der Waals surface area contributed by atoms with E-state index in [-0.39, 0.29) is 5.91 Å². The number of nitrogens with one attached hydrogen (secondary N) is 1. The van der Waals surface area contributed by atoms with E-state index >= 15 is 0 Å². The highest BCUT2D eigenvalue weighted by atomic mass is 16.4. The zero-order chi connectivity index (χ0) is 17.4. The van der Waals surface area contributed by atoms with Gasteiger partial charge in [-0.15, -0.1) is 0 Å². The van der Waals surface area contributed by atoms with Gasteiger partial charge in [0.25, 0.3) is 0 Å². The summed E-state index contributed by atoms with van der Waals surface area (Å²) in [7, 11) is 0. The molecule has 2 aliphatic heterocycles. The Bertz CT molecular complexity index is 685. The monoisotopic (exact) mass is 344 g/mol. The van der Waals surface area contributed by atoms with Gasteiger partial charge in [-0.2, -0.15) is 0 Å². The predicted octanol–water partition coefficient (Wildman–Crippen LogP) is 1.90. The molecule has 7 nitrogen and oxygen atoms in total. The van der Waals surface area contributed by atoms with Crippen molar-refractivity contribution in [2.24, 2.45) is 0 Å². The van der Waals surface area contributed by atoms with Crippen LogP contribution in [0.1, 0.15) is 37.8 Å². The maximum Gasteiger partial charge on any atom is 0.407 e. The van der Waals surface area contributed by atoms with Crippen molar-refractivity contribution in [3.05, 3.63) is 24.0 Å². The fourth-order valence-corrected chi connectivity index (χ4v) is 4.66. The molecule has 1 saturated carbocycles. The molecular weight excluding hydrogens is 320 g/mol. The molecule has 3 aliphatic rings. The number of pyridine rings is 1. The fourth-order valence-electron chi connectivity index (χ4n) is 4.66. The highest BCUT2D eigenvalue weighted by molar-refractivity contribution is 6.05. The number of carboxylic acid groups (broad SMARTS) is 1. The smallest absolute Gasteiger partial charge is 0.407 e. The highest BCUT2D eigenvalue weighted by Gasteiger charge is 2.50. The molecule has 0 bridgehead atoms. The molecule has 1 spiro atoms. The summed E-state index contributed by atoms with van der Waals surface area (Å²) >= 11 is 0. The Kier molecular flexibility index (Phi) is 4.11. The Balaban J connectivity index is 1.44. The van der Waals surface area contributed by atoms with Gasteiger partial charge in [0, 0.05) is 38.4 Å². The van der Waals surface area contributed by atoms with Gasteiger partial charge in [0.15, 0.2) is 0 Å². The number of nitrogens with zero attached hydrogens (tertiary/aromatic N) is 3. The molecule has 1 aromatic rings. The molecule has 25 heavy (non-hydrogen) atoms. The molecule has 0 unspecified atom stereocenters. The van der Waals surface area contributed by atoms with Crippen LogP contribution in [0.15, 0.2) is 18.3 Å². The van der Waals surface area contributed by atoms with Crippen molar-refractivity contribution in [2.45, 2.75) is 43.6 Å². The Morgan fingerprint density at radius 3 is 2.80 bits per heavy atom. The maximum atomic E-state index is 12.6. The van der Waals surface area contributed by atoms with Crippen LogP contribution in [0.3, 0.4) is 0 Å². The molecule has 134 valence electrons. The molecule has 7 heteroatoms. The van der Waals surface area contributed by atoms with Gasteiger partial charge in [0.1, 0.15) is 0 Å². The molecular formula is C18H24N4O3. The quantitative estimate of drug-likeness (QED) is 0.813. The van der Waals surface area contributed by atoms with E-state index in [1.165, 1.54) is 4.90 Å². The van der Waals surface area contributed by atoms with Crippen LogP contribution in [0, 0.1) is 0 Å². The van der Waals surface area contributed by atoms with Crippen LogP contribution in [-0.2, 0) is 10.2 Å². The van der Waals surface area contributed by atoms with E-state index in [0.29, 0.717) is 19.1 Å². The number of amides is 2. The molecule has 2 N–H and O–H groups in total. The zero-order valence-corrected chi connectivity index (χ0v) is 14.3. The van der Waals surface area contributed by atoms with Crippen LogP contribution in [-0.4, -0.2) is 64.1 Å². The summed E-state index contributed by atoms with van der Waals surface area (Å²) in [5, 5.41) is 12.2. The van der Waals surface area contributed by atoms with E-state index in [2.05, 4.69) is 15.2 Å². The number of aromatic nitrogens is 1. The third-order valence-electron chi connectivity index (χ3n) is 6.07. The lowest BCUT2D eigenvalue weighted by molar-refractivity contribution is -0.122. The minimum absolute atomic E-state index is 0.0903. The molecule has 1 aliphatic carbocycles. The van der Waals surface area contributed by atoms with Crippen LogP contribution >= 0.6 is 0 Å². The third-order valence-corrected chi connectivity index (χ3v) is 6.07. The van der Waals surface area contributed by atoms with E-state index in [9.17, 15) is 14.7 Å². The van der Waals surface area contributed by atoms with Gasteiger partial charge in [-0.3, -0.25) is 14.7 Å². The number of anilines is 1. The number of fused-ring (bicyclic) bond motifs is 2. The van der Waals surface area contributed by atoms with Crippen LogP contribution in [0.25, 0.3) is 0 Å². The second-order valence-corrected chi connectivity index (χ2v) is 7.33. The maximum absolute atomic E-state index is 12.6. The summed E-state index contributed by atoms with van der Waals surface area (Å²) in [6, 6.07) is 4.21. The summed E-state index contributed by atoms with van der Waals surface area (Å²) in [6.07, 6.45) is 5.35. The SMILES string of the molecule is O=C(O)N1CCCN(C2CCC3(CC2)C(=O)Nc2cccnc23)CC1. The summed E-state index contributed by atoms with van der Waals surface area (Å²) in [6.45, 7) is 2.90. The van der Waals surface area contributed by atoms with Crippen molar-refractivity contribution < 1.29 is 14.7 Å². The summed E-state index contributed by atoms with van der Waals surface area (Å²) in [5.74, 6) is 0.0903. The first-order valence-corrected chi connectivity index (χ1v) is 9.09. The van der Waals surface area contributed by atoms with Gasteiger partial charge < -0.3 is 15.3 Å². The Hall–Kier alpha value is -2.15. The molecule has 0 aromatic carbocycles. The molecule has 1 aromatic heterocycles. The lowest BCUT2D eigenvalue weighted by Gasteiger charge is -2.40. The average Bonchev–Trinajstić information content (AvgIpc) is 2.79. The summed E-state index contributed by atoms with van der Waals surface area (Å²) in [4.78, 5) is 32.2. The number of hydrogen-bond donors (Lipinski definition) is 2. The number of rotatable bonds is 1. The van der Waals surface area contributed by atoms with E-state index in [1.54, 1.807) is 6.20 Å². The standard InChI is InChI=1S/C18H24N4O3/c23-16-18(15-14(20-16)3-1-8-19-15)6-4-13(5-7-18)21-9-2-10-22(12-11-21)17(24)25/h1,3,8,13H,2,4-7,9-12H2,(H,20,23)(H,24,25). The molecule has 2 amide bonds. The van der Waals surface area contributed by atoms with Crippen molar-refractivity contribution in [3.63, 3.8) is 0 Å². The Labute approximate surface area is 147 Å². The minimum Gasteiger partial charge on any atom is -0.465 e. The molecule has 2 fully saturated rings. The molecule has 1 saturated heterocycles. The van der Waals surface area contributed by atoms with Crippen molar-refractivity contribution in [3.8, 4) is 0 Å². The first-order chi connectivity index (χ1) is 12.1. The highest BCUT2D eigenvalue weighted by Crippen LogP contribution is 2.47. The minimum atomic E-state index is -0.824. The van der Waals surface area contributed by atoms with Gasteiger partial charge in [-0.1, -0.05) is 0 Å². The van der Waals surface area contributed by atoms with Gasteiger partial charge in [-0.05, 0) is 44.2 Å². The van der Waals surface area contributed by atoms with E-state index in [0.717, 1.165) is 56.6 Å². The molecule has 3 heterocycles. The number of carbonyl (C=O) groups excluding carboxylic acids is 1. The summed E-state index contributed by atoms with van der Waals surface area (Å²) < 4.78 is 0. The largest absolute Gasteiger partial charge is 0.465 e. The summed E-state index contributed by atoms with van der Waals surface area (Å²) in [5.41, 5.74) is 1.30. The normalized spacial score (nSPS) is 30.0. The van der Waals surface area contributed by atoms with Crippen LogP contribution in [0.4, 0.5) is 10.5 Å². The third kappa shape index (κ3) is 2.76. The first kappa shape index (κ1) is 16.3. The van der Waals surface area contributed by atoms with Crippen molar-refractivity contribution >= 4 is 17.7 Å². The second kappa shape index (κ2) is 6.29. The first-order valence-electron chi connectivity index (χ1n) is 9.09. The fraction of sp³-hybridized carbons (Fsp3) is 0.611. The average molecular weight is 344 g/mol. The van der Waals surface area contributed by atoms with Gasteiger partial charge in [0.05, 0.1) is 16.8 Å². The topological polar surface area (TPSA) is 85.8 Å². The van der Waals surface area contributed by atoms with E-state index in [4.69, 9.17) is 0 Å². The van der Waals surface area contributed by atoms with Crippen molar-refractivity contribution in [1.29, 1.82) is 0 Å². The lowest BCUT2D eigenvalue weighted by Crippen LogP contribution is -2.46. The van der Waals surface area contributed by atoms with Crippen LogP contribution in [0.2, 0.25) is 0 Å². The van der Waals surface area contributed by atoms with E-state index in [1.807, 2.05) is 12.1 Å². The molecule has 0 atom stereocenters. The predicted molar refractivity (Wildman–Crippen MR) is 92.6 cm³/mol. The van der Waals surface area contributed by atoms with Crippen LogP contribution in [0.5, 0.6) is 0 Å². The van der Waals surface area contributed by atoms with Crippen molar-refractivity contribution in [1.82, 2.24) is 14.8 Å².